The highest BCUT2D eigenvalue weighted by Gasteiger charge is 2.11. The van der Waals surface area contributed by atoms with Crippen LogP contribution in [0.4, 0.5) is 21.7 Å². The van der Waals surface area contributed by atoms with E-state index in [1.165, 1.54) is 36.5 Å². The Labute approximate surface area is 150 Å². The molecule has 2 aromatic carbocycles. The van der Waals surface area contributed by atoms with E-state index in [4.69, 9.17) is 4.74 Å². The number of hydrogen-bond acceptors (Lipinski definition) is 5. The number of hydrogen-bond donors (Lipinski definition) is 2. The summed E-state index contributed by atoms with van der Waals surface area (Å²) in [6.45, 7) is 1.96. The number of halogens is 1. The molecule has 0 unspecified atom stereocenters. The molecule has 0 fully saturated rings. The minimum absolute atomic E-state index is 0.179. The number of benzene rings is 2. The normalized spacial score (nSPS) is 10.3. The third-order valence-electron chi connectivity index (χ3n) is 3.59. The number of anilines is 3. The van der Waals surface area contributed by atoms with E-state index in [0.29, 0.717) is 17.1 Å². The Bertz CT molecular complexity index is 929. The number of rotatable bonds is 5. The quantitative estimate of drug-likeness (QED) is 0.728. The van der Waals surface area contributed by atoms with Gasteiger partial charge >= 0.3 is 0 Å². The predicted molar refractivity (Wildman–Crippen MR) is 97.4 cm³/mol. The summed E-state index contributed by atoms with van der Waals surface area (Å²) >= 11 is 0. The van der Waals surface area contributed by atoms with Gasteiger partial charge in [-0.1, -0.05) is 6.07 Å². The zero-order valence-corrected chi connectivity index (χ0v) is 14.3. The van der Waals surface area contributed by atoms with Gasteiger partial charge in [0.1, 0.15) is 17.3 Å². The van der Waals surface area contributed by atoms with Crippen molar-refractivity contribution in [2.24, 2.45) is 0 Å². The third-order valence-corrected chi connectivity index (χ3v) is 3.59. The smallest absolute Gasteiger partial charge is 0.274 e. The van der Waals surface area contributed by atoms with Gasteiger partial charge in [0.05, 0.1) is 12.8 Å². The predicted octanol–water partition coefficient (Wildman–Crippen LogP) is 3.93. The van der Waals surface area contributed by atoms with E-state index in [2.05, 4.69) is 20.6 Å². The largest absolute Gasteiger partial charge is 0.495 e. The molecule has 0 spiro atoms. The second-order valence-corrected chi connectivity index (χ2v) is 5.56. The number of nitrogens with zero attached hydrogens (tertiary/aromatic N) is 2. The second-order valence-electron chi connectivity index (χ2n) is 5.56. The number of amides is 1. The molecule has 2 N–H and O–H groups in total. The van der Waals surface area contributed by atoms with Crippen LogP contribution in [0.3, 0.4) is 0 Å². The molecule has 132 valence electrons. The molecule has 6 nitrogen and oxygen atoms in total. The number of carbonyl (C=O) groups is 1. The summed E-state index contributed by atoms with van der Waals surface area (Å²) in [4.78, 5) is 20.7. The van der Waals surface area contributed by atoms with Crippen molar-refractivity contribution in [3.05, 3.63) is 71.8 Å². The number of aryl methyl sites for hydroxylation is 1. The highest BCUT2D eigenvalue weighted by Crippen LogP contribution is 2.27. The molecule has 1 amide bonds. The van der Waals surface area contributed by atoms with Crippen molar-refractivity contribution in [3.63, 3.8) is 0 Å². The average Bonchev–Trinajstić information content (AvgIpc) is 2.64. The first-order valence-electron chi connectivity index (χ1n) is 7.87. The molecule has 0 radical (unpaired) electrons. The van der Waals surface area contributed by atoms with E-state index in [1.54, 1.807) is 7.11 Å². The minimum Gasteiger partial charge on any atom is -0.495 e. The number of ether oxygens (including phenoxy) is 1. The molecule has 0 aliphatic heterocycles. The number of aromatic nitrogens is 2. The van der Waals surface area contributed by atoms with Gasteiger partial charge in [-0.15, -0.1) is 0 Å². The van der Waals surface area contributed by atoms with Crippen LogP contribution in [0.15, 0.2) is 54.7 Å². The van der Waals surface area contributed by atoms with Crippen molar-refractivity contribution in [1.29, 1.82) is 0 Å². The van der Waals surface area contributed by atoms with Gasteiger partial charge in [0.25, 0.3) is 5.91 Å². The Morgan fingerprint density at radius 2 is 1.88 bits per heavy atom. The zero-order valence-electron chi connectivity index (χ0n) is 14.3. The van der Waals surface area contributed by atoms with Crippen molar-refractivity contribution in [2.75, 3.05) is 17.7 Å². The average molecular weight is 352 g/mol. The maximum Gasteiger partial charge on any atom is 0.274 e. The molecular formula is C19H17FN4O2. The monoisotopic (exact) mass is 352 g/mol. The molecule has 0 aliphatic carbocycles. The molecule has 26 heavy (non-hydrogen) atoms. The van der Waals surface area contributed by atoms with E-state index in [9.17, 15) is 9.18 Å². The highest BCUT2D eigenvalue weighted by atomic mass is 19.1. The Morgan fingerprint density at radius 3 is 2.62 bits per heavy atom. The summed E-state index contributed by atoms with van der Waals surface area (Å²) < 4.78 is 18.3. The van der Waals surface area contributed by atoms with Gasteiger partial charge in [-0.05, 0) is 55.0 Å². The summed E-state index contributed by atoms with van der Waals surface area (Å²) in [5, 5.41) is 5.71. The van der Waals surface area contributed by atoms with Crippen LogP contribution in [0.5, 0.6) is 5.75 Å². The van der Waals surface area contributed by atoms with Crippen LogP contribution in [0, 0.1) is 12.7 Å². The number of methoxy groups -OCH3 is 1. The van der Waals surface area contributed by atoms with Crippen molar-refractivity contribution in [2.45, 2.75) is 6.92 Å². The van der Waals surface area contributed by atoms with Crippen molar-refractivity contribution in [3.8, 4) is 5.75 Å². The maximum absolute atomic E-state index is 12.9. The Kier molecular flexibility index (Phi) is 5.07. The molecular weight excluding hydrogens is 335 g/mol. The fraction of sp³-hybridized carbons (Fsp3) is 0.105. The summed E-state index contributed by atoms with van der Waals surface area (Å²) in [6.07, 6.45) is 1.48. The first-order valence-corrected chi connectivity index (χ1v) is 7.87. The van der Waals surface area contributed by atoms with Crippen LogP contribution in [0.1, 0.15) is 16.1 Å². The molecule has 7 heteroatoms. The van der Waals surface area contributed by atoms with Gasteiger partial charge in [-0.3, -0.25) is 4.79 Å². The van der Waals surface area contributed by atoms with Gasteiger partial charge in [0.2, 0.25) is 5.95 Å². The van der Waals surface area contributed by atoms with E-state index < -0.39 is 5.91 Å². The van der Waals surface area contributed by atoms with E-state index >= 15 is 0 Å². The van der Waals surface area contributed by atoms with Gasteiger partial charge < -0.3 is 15.4 Å². The van der Waals surface area contributed by atoms with E-state index in [1.807, 2.05) is 25.1 Å². The molecule has 0 aliphatic rings. The fourth-order valence-corrected chi connectivity index (χ4v) is 2.31. The minimum atomic E-state index is -0.418. The van der Waals surface area contributed by atoms with E-state index in [0.717, 1.165) is 5.56 Å². The summed E-state index contributed by atoms with van der Waals surface area (Å²) in [5.74, 6) is 0.114. The highest BCUT2D eigenvalue weighted by molar-refractivity contribution is 6.03. The first kappa shape index (κ1) is 17.3. The molecule has 0 saturated heterocycles. The second kappa shape index (κ2) is 7.60. The third kappa shape index (κ3) is 4.13. The lowest BCUT2D eigenvalue weighted by Gasteiger charge is -2.11. The Balaban J connectivity index is 1.79. The lowest BCUT2D eigenvalue weighted by atomic mass is 10.2. The van der Waals surface area contributed by atoms with Gasteiger partial charge in [-0.25, -0.2) is 14.4 Å². The molecule has 0 bridgehead atoms. The fourth-order valence-electron chi connectivity index (χ4n) is 2.31. The Hall–Kier alpha value is -3.48. The SMILES string of the molecule is COc1ccc(C)cc1Nc1nccc(C(=O)Nc2ccc(F)cc2)n1. The van der Waals surface area contributed by atoms with Crippen LogP contribution >= 0.6 is 0 Å². The summed E-state index contributed by atoms with van der Waals surface area (Å²) in [7, 11) is 1.57. The number of nitrogens with one attached hydrogen (secondary N) is 2. The zero-order chi connectivity index (χ0) is 18.5. The van der Waals surface area contributed by atoms with Gasteiger partial charge in [0.15, 0.2) is 0 Å². The van der Waals surface area contributed by atoms with Crippen molar-refractivity contribution < 1.29 is 13.9 Å². The van der Waals surface area contributed by atoms with Crippen LogP contribution in [-0.2, 0) is 0 Å². The van der Waals surface area contributed by atoms with Crippen LogP contribution in [0.2, 0.25) is 0 Å². The first-order chi connectivity index (χ1) is 12.5. The standard InChI is InChI=1S/C19H17FN4O2/c1-12-3-8-17(26-2)16(11-12)24-19-21-10-9-15(23-19)18(25)22-14-6-4-13(20)5-7-14/h3-11H,1-2H3,(H,22,25)(H,21,23,24). The number of carbonyl (C=O) groups excluding carboxylic acids is 1. The maximum atomic E-state index is 12.9. The topological polar surface area (TPSA) is 76.1 Å². The lowest BCUT2D eigenvalue weighted by molar-refractivity contribution is 0.102. The molecule has 1 aromatic heterocycles. The molecule has 1 heterocycles. The van der Waals surface area contributed by atoms with Crippen LogP contribution < -0.4 is 15.4 Å². The van der Waals surface area contributed by atoms with Crippen molar-refractivity contribution in [1.82, 2.24) is 9.97 Å². The molecule has 3 aromatic rings. The van der Waals surface area contributed by atoms with Crippen LogP contribution in [-0.4, -0.2) is 23.0 Å². The Morgan fingerprint density at radius 1 is 1.12 bits per heavy atom. The summed E-state index contributed by atoms with van der Waals surface area (Å²) in [6, 6.07) is 12.7. The summed E-state index contributed by atoms with van der Waals surface area (Å²) in [5.41, 5.74) is 2.39. The van der Waals surface area contributed by atoms with Crippen molar-refractivity contribution >= 4 is 23.2 Å². The molecule has 0 atom stereocenters. The lowest BCUT2D eigenvalue weighted by Crippen LogP contribution is -2.14. The van der Waals surface area contributed by atoms with Crippen LogP contribution in [0.25, 0.3) is 0 Å². The van der Waals surface area contributed by atoms with Gasteiger partial charge in [-0.2, -0.15) is 0 Å². The molecule has 0 saturated carbocycles. The van der Waals surface area contributed by atoms with Gasteiger partial charge in [0, 0.05) is 11.9 Å². The molecule has 3 rings (SSSR count). The van der Waals surface area contributed by atoms with E-state index in [-0.39, 0.29) is 17.5 Å².